The third-order valence-electron chi connectivity index (χ3n) is 3.36. The molecule has 2 aromatic heterocycles. The van der Waals surface area contributed by atoms with Crippen molar-refractivity contribution in [2.45, 2.75) is 20.4 Å². The van der Waals surface area contributed by atoms with Gasteiger partial charge in [-0.05, 0) is 30.0 Å². The maximum Gasteiger partial charge on any atom is 0.125 e. The molecule has 0 amide bonds. The quantitative estimate of drug-likeness (QED) is 0.720. The predicted octanol–water partition coefficient (Wildman–Crippen LogP) is 4.96. The summed E-state index contributed by atoms with van der Waals surface area (Å²) < 4.78 is 0. The van der Waals surface area contributed by atoms with Crippen LogP contribution in [0.4, 0.5) is 0 Å². The van der Waals surface area contributed by atoms with Gasteiger partial charge >= 0.3 is 0 Å². The number of thiazole rings is 1. The minimum atomic E-state index is 0.820. The van der Waals surface area contributed by atoms with E-state index < -0.39 is 0 Å². The second-order valence-corrected chi connectivity index (χ2v) is 6.65. The van der Waals surface area contributed by atoms with Crippen molar-refractivity contribution >= 4 is 22.7 Å². The van der Waals surface area contributed by atoms with E-state index in [1.54, 1.807) is 22.7 Å². The lowest BCUT2D eigenvalue weighted by atomic mass is 10.1. The second-order valence-electron chi connectivity index (χ2n) is 4.91. The van der Waals surface area contributed by atoms with Crippen molar-refractivity contribution < 1.29 is 0 Å². The van der Waals surface area contributed by atoms with Crippen LogP contribution in [-0.4, -0.2) is 11.5 Å². The van der Waals surface area contributed by atoms with E-state index in [0.29, 0.717) is 0 Å². The lowest BCUT2D eigenvalue weighted by Gasteiger charge is -2.02. The number of aromatic nitrogens is 1. The molecule has 1 aromatic carbocycles. The van der Waals surface area contributed by atoms with Gasteiger partial charge in [0.05, 0.1) is 10.6 Å². The summed E-state index contributed by atoms with van der Waals surface area (Å²) in [6.45, 7) is 6.05. The van der Waals surface area contributed by atoms with E-state index in [9.17, 15) is 0 Å². The maximum absolute atomic E-state index is 4.89. The lowest BCUT2D eigenvalue weighted by molar-refractivity contribution is 0.716. The summed E-state index contributed by atoms with van der Waals surface area (Å²) in [4.78, 5) is 6.17. The number of rotatable bonds is 5. The fourth-order valence-corrected chi connectivity index (χ4v) is 4.30. The van der Waals surface area contributed by atoms with Crippen molar-refractivity contribution in [3.05, 3.63) is 52.3 Å². The van der Waals surface area contributed by atoms with Gasteiger partial charge in [0.25, 0.3) is 0 Å². The first-order chi connectivity index (χ1) is 10.3. The van der Waals surface area contributed by atoms with Gasteiger partial charge in [-0.3, -0.25) is 0 Å². The zero-order valence-electron chi connectivity index (χ0n) is 12.2. The maximum atomic E-state index is 4.89. The summed E-state index contributed by atoms with van der Waals surface area (Å²) in [7, 11) is 0. The number of hydrogen-bond acceptors (Lipinski definition) is 4. The Hall–Kier alpha value is -1.49. The van der Waals surface area contributed by atoms with Crippen molar-refractivity contribution in [2.24, 2.45) is 0 Å². The highest BCUT2D eigenvalue weighted by Crippen LogP contribution is 2.37. The first-order valence-corrected chi connectivity index (χ1v) is 8.84. The first-order valence-electron chi connectivity index (χ1n) is 7.08. The van der Waals surface area contributed by atoms with Gasteiger partial charge in [-0.1, -0.05) is 37.3 Å². The van der Waals surface area contributed by atoms with Gasteiger partial charge < -0.3 is 5.32 Å². The van der Waals surface area contributed by atoms with Crippen LogP contribution in [-0.2, 0) is 6.54 Å². The average molecular weight is 314 g/mol. The summed E-state index contributed by atoms with van der Waals surface area (Å²) in [5.74, 6) is 0. The molecule has 0 saturated heterocycles. The molecular formula is C17H18N2S2. The van der Waals surface area contributed by atoms with Gasteiger partial charge in [0.2, 0.25) is 0 Å². The Morgan fingerprint density at radius 2 is 1.95 bits per heavy atom. The number of nitrogens with zero attached hydrogens (tertiary/aromatic N) is 1. The Kier molecular flexibility index (Phi) is 4.48. The summed E-state index contributed by atoms with van der Waals surface area (Å²) in [5.41, 5.74) is 4.98. The standard InChI is InChI=1S/C17H18N2S2/c1-3-18-9-15-16(13-7-5-4-6-8-13)21-17(19-15)14-11-20-10-12(14)2/h4-8,10-11,18H,3,9H2,1-2H3. The highest BCUT2D eigenvalue weighted by molar-refractivity contribution is 7.19. The van der Waals surface area contributed by atoms with Gasteiger partial charge in [0, 0.05) is 17.5 Å². The number of thiophene rings is 1. The van der Waals surface area contributed by atoms with Crippen LogP contribution in [0.1, 0.15) is 18.2 Å². The SMILES string of the molecule is CCNCc1nc(-c2cscc2C)sc1-c1ccccc1. The van der Waals surface area contributed by atoms with Gasteiger partial charge in [-0.15, -0.1) is 11.3 Å². The molecule has 3 aromatic rings. The molecule has 0 radical (unpaired) electrons. The van der Waals surface area contributed by atoms with Crippen molar-refractivity contribution in [2.75, 3.05) is 6.54 Å². The van der Waals surface area contributed by atoms with Crippen LogP contribution in [0.3, 0.4) is 0 Å². The number of nitrogens with one attached hydrogen (secondary N) is 1. The number of hydrogen-bond donors (Lipinski definition) is 1. The van der Waals surface area contributed by atoms with Crippen LogP contribution in [0.2, 0.25) is 0 Å². The van der Waals surface area contributed by atoms with Crippen LogP contribution in [0, 0.1) is 6.92 Å². The van der Waals surface area contributed by atoms with Gasteiger partial charge in [0.1, 0.15) is 5.01 Å². The zero-order chi connectivity index (χ0) is 14.7. The molecule has 2 nitrogen and oxygen atoms in total. The van der Waals surface area contributed by atoms with Gasteiger partial charge in [0.15, 0.2) is 0 Å². The summed E-state index contributed by atoms with van der Waals surface area (Å²) in [6.07, 6.45) is 0. The van der Waals surface area contributed by atoms with Crippen molar-refractivity contribution in [3.63, 3.8) is 0 Å². The highest BCUT2D eigenvalue weighted by Gasteiger charge is 2.15. The summed E-state index contributed by atoms with van der Waals surface area (Å²) >= 11 is 3.53. The van der Waals surface area contributed by atoms with Crippen molar-refractivity contribution in [1.29, 1.82) is 0 Å². The van der Waals surface area contributed by atoms with E-state index in [0.717, 1.165) is 23.8 Å². The first kappa shape index (κ1) is 14.4. The van der Waals surface area contributed by atoms with Crippen molar-refractivity contribution in [1.82, 2.24) is 10.3 Å². The normalized spacial score (nSPS) is 11.0. The topological polar surface area (TPSA) is 24.9 Å². The molecule has 0 fully saturated rings. The predicted molar refractivity (Wildman–Crippen MR) is 93.0 cm³/mol. The van der Waals surface area contributed by atoms with Crippen LogP contribution in [0.25, 0.3) is 21.0 Å². The average Bonchev–Trinajstić information content (AvgIpc) is 3.12. The molecule has 0 atom stereocenters. The largest absolute Gasteiger partial charge is 0.311 e. The molecule has 4 heteroatoms. The van der Waals surface area contributed by atoms with E-state index in [1.165, 1.54) is 21.6 Å². The molecule has 0 spiro atoms. The zero-order valence-corrected chi connectivity index (χ0v) is 13.9. The molecule has 0 saturated carbocycles. The van der Waals surface area contributed by atoms with Crippen LogP contribution in [0.5, 0.6) is 0 Å². The molecule has 21 heavy (non-hydrogen) atoms. The third-order valence-corrected chi connectivity index (χ3v) is 5.40. The molecule has 0 aliphatic heterocycles. The van der Waals surface area contributed by atoms with Crippen molar-refractivity contribution in [3.8, 4) is 21.0 Å². The Morgan fingerprint density at radius 3 is 2.62 bits per heavy atom. The Bertz CT molecular complexity index is 713. The molecule has 0 aliphatic carbocycles. The molecular weight excluding hydrogens is 296 g/mol. The van der Waals surface area contributed by atoms with Gasteiger partial charge in [-0.25, -0.2) is 4.98 Å². The van der Waals surface area contributed by atoms with E-state index in [2.05, 4.69) is 60.3 Å². The molecule has 1 N–H and O–H groups in total. The van der Waals surface area contributed by atoms with Gasteiger partial charge in [-0.2, -0.15) is 11.3 Å². The van der Waals surface area contributed by atoms with E-state index in [4.69, 9.17) is 4.98 Å². The fourth-order valence-electron chi connectivity index (χ4n) is 2.22. The van der Waals surface area contributed by atoms with Crippen LogP contribution in [0.15, 0.2) is 41.1 Å². The molecule has 0 aliphatic rings. The second kappa shape index (κ2) is 6.52. The minimum Gasteiger partial charge on any atom is -0.311 e. The van der Waals surface area contributed by atoms with Crippen LogP contribution < -0.4 is 5.32 Å². The van der Waals surface area contributed by atoms with E-state index >= 15 is 0 Å². The Balaban J connectivity index is 2.05. The summed E-state index contributed by atoms with van der Waals surface area (Å²) in [5, 5.41) is 8.90. The smallest absolute Gasteiger partial charge is 0.125 e. The molecule has 3 rings (SSSR count). The van der Waals surface area contributed by atoms with E-state index in [1.807, 2.05) is 0 Å². The highest BCUT2D eigenvalue weighted by atomic mass is 32.1. The summed E-state index contributed by atoms with van der Waals surface area (Å²) in [6, 6.07) is 10.5. The molecule has 0 bridgehead atoms. The minimum absolute atomic E-state index is 0.820. The Morgan fingerprint density at radius 1 is 1.14 bits per heavy atom. The molecule has 2 heterocycles. The van der Waals surface area contributed by atoms with E-state index in [-0.39, 0.29) is 0 Å². The molecule has 108 valence electrons. The fraction of sp³-hybridized carbons (Fsp3) is 0.235. The Labute approximate surface area is 133 Å². The lowest BCUT2D eigenvalue weighted by Crippen LogP contribution is -2.12. The third kappa shape index (κ3) is 3.07. The van der Waals surface area contributed by atoms with Crippen LogP contribution >= 0.6 is 22.7 Å². The monoisotopic (exact) mass is 314 g/mol. The number of aryl methyl sites for hydroxylation is 1. The number of benzene rings is 1. The molecule has 0 unspecified atom stereocenters.